The number of nitrogens with zero attached hydrogens (tertiary/aromatic N) is 3. The predicted molar refractivity (Wildman–Crippen MR) is 265 cm³/mol. The predicted octanol–water partition coefficient (Wildman–Crippen LogP) is 14.2. The van der Waals surface area contributed by atoms with Crippen LogP contribution in [0.4, 0.5) is 0 Å². The number of aliphatic imine (C=N–C) groups is 1. The number of amidine groups is 1. The van der Waals surface area contributed by atoms with Crippen LogP contribution >= 0.6 is 22.7 Å². The molecule has 298 valence electrons. The smallest absolute Gasteiger partial charge is 0.160 e. The topological polar surface area (TPSA) is 90.2 Å². The Morgan fingerprint density at radius 3 is 1.87 bits per heavy atom. The maximum absolute atomic E-state index is 5.97. The molecule has 0 saturated carbocycles. The highest BCUT2D eigenvalue weighted by atomic mass is 32.1. The van der Waals surface area contributed by atoms with Gasteiger partial charge in [-0.05, 0) is 70.6 Å². The van der Waals surface area contributed by atoms with E-state index in [4.69, 9.17) is 21.4 Å². The highest BCUT2D eigenvalue weighted by Gasteiger charge is 2.17. The second kappa shape index (κ2) is 17.0. The standard InChI is InChI=1S/C41H26N2S2.C14H15N3/c1-25-9-7-16-36-37(25)33-24-30(21-22-35(33)44-36)27-17-19-28(20-18-27)38-40-39(32-14-5-6-15-34(32)45-40)43-41(42-38)31-13-8-12-29(23-31)26-10-3-2-4-11-26;15-13(11-7-3-1-4-8-11)17-14(16)12-9-5-2-6-10-12/h2-24H,1H3;1-10,13H,15H2,(H2,16,17). The second-order valence-corrected chi connectivity index (χ2v) is 17.3. The molecule has 4 N–H and O–H groups in total. The molecule has 62 heavy (non-hydrogen) atoms. The Morgan fingerprint density at radius 2 is 1.08 bits per heavy atom. The zero-order valence-electron chi connectivity index (χ0n) is 33.9. The van der Waals surface area contributed by atoms with Gasteiger partial charge in [-0.25, -0.2) is 15.0 Å². The maximum atomic E-state index is 5.97. The van der Waals surface area contributed by atoms with Crippen molar-refractivity contribution in [3.8, 4) is 44.9 Å². The Kier molecular flexibility index (Phi) is 10.7. The van der Waals surface area contributed by atoms with E-state index in [1.807, 2.05) is 78.1 Å². The third-order valence-corrected chi connectivity index (χ3v) is 13.4. The monoisotopic (exact) mass is 835 g/mol. The van der Waals surface area contributed by atoms with Gasteiger partial charge in [0.15, 0.2) is 5.82 Å². The van der Waals surface area contributed by atoms with Gasteiger partial charge in [-0.1, -0.05) is 170 Å². The number of hydrogen-bond donors (Lipinski definition) is 2. The lowest BCUT2D eigenvalue weighted by Gasteiger charge is -2.10. The molecule has 0 aliphatic rings. The first kappa shape index (κ1) is 38.9. The first-order valence-electron chi connectivity index (χ1n) is 20.5. The Bertz CT molecular complexity index is 3380. The van der Waals surface area contributed by atoms with E-state index in [1.165, 1.54) is 52.5 Å². The van der Waals surface area contributed by atoms with Gasteiger partial charge in [-0.3, -0.25) is 0 Å². The average molecular weight is 836 g/mol. The normalized spacial score (nSPS) is 12.1. The van der Waals surface area contributed by atoms with E-state index < -0.39 is 6.17 Å². The molecular weight excluding hydrogens is 795 g/mol. The van der Waals surface area contributed by atoms with E-state index in [0.29, 0.717) is 5.84 Å². The zero-order chi connectivity index (χ0) is 42.0. The molecule has 0 spiro atoms. The van der Waals surface area contributed by atoms with Crippen LogP contribution in [-0.2, 0) is 0 Å². The summed E-state index contributed by atoms with van der Waals surface area (Å²) in [5.41, 5.74) is 23.9. The van der Waals surface area contributed by atoms with Gasteiger partial charge < -0.3 is 11.5 Å². The van der Waals surface area contributed by atoms with Gasteiger partial charge in [0.2, 0.25) is 0 Å². The minimum absolute atomic E-state index is 0.420. The summed E-state index contributed by atoms with van der Waals surface area (Å²) in [6.07, 6.45) is -0.420. The molecule has 0 fully saturated rings. The molecule has 0 radical (unpaired) electrons. The Morgan fingerprint density at radius 1 is 0.500 bits per heavy atom. The van der Waals surface area contributed by atoms with E-state index in [-0.39, 0.29) is 0 Å². The Hall–Kier alpha value is -7.29. The van der Waals surface area contributed by atoms with E-state index in [0.717, 1.165) is 49.6 Å². The minimum atomic E-state index is -0.420. The molecule has 3 aromatic heterocycles. The molecule has 3 heterocycles. The number of rotatable bonds is 7. The van der Waals surface area contributed by atoms with Crippen LogP contribution in [0.15, 0.2) is 205 Å². The highest BCUT2D eigenvalue weighted by Crippen LogP contribution is 2.41. The van der Waals surface area contributed by atoms with Crippen molar-refractivity contribution in [2.24, 2.45) is 16.5 Å². The number of aryl methyl sites for hydroxylation is 1. The lowest BCUT2D eigenvalue weighted by Crippen LogP contribution is -2.18. The van der Waals surface area contributed by atoms with Gasteiger partial charge in [0.05, 0.1) is 15.9 Å². The van der Waals surface area contributed by atoms with E-state index in [9.17, 15) is 0 Å². The molecule has 0 aliphatic carbocycles. The average Bonchev–Trinajstić information content (AvgIpc) is 3.91. The van der Waals surface area contributed by atoms with Crippen molar-refractivity contribution >= 4 is 69.0 Å². The van der Waals surface area contributed by atoms with Gasteiger partial charge in [0.1, 0.15) is 12.0 Å². The highest BCUT2D eigenvalue weighted by molar-refractivity contribution is 7.26. The van der Waals surface area contributed by atoms with Gasteiger partial charge in [0, 0.05) is 46.9 Å². The van der Waals surface area contributed by atoms with Crippen LogP contribution in [0.5, 0.6) is 0 Å². The van der Waals surface area contributed by atoms with Crippen molar-refractivity contribution < 1.29 is 0 Å². The van der Waals surface area contributed by atoms with E-state index in [2.05, 4.69) is 145 Å². The summed E-state index contributed by atoms with van der Waals surface area (Å²) in [5.74, 6) is 1.20. The van der Waals surface area contributed by atoms with E-state index >= 15 is 0 Å². The van der Waals surface area contributed by atoms with Crippen LogP contribution in [-0.4, -0.2) is 15.8 Å². The Balaban J connectivity index is 0.000000227. The molecule has 7 heteroatoms. The number of aromatic nitrogens is 2. The van der Waals surface area contributed by atoms with Crippen molar-refractivity contribution in [3.63, 3.8) is 0 Å². The molecule has 0 saturated heterocycles. The third-order valence-electron chi connectivity index (χ3n) is 11.1. The molecule has 5 nitrogen and oxygen atoms in total. The fraction of sp³-hybridized carbons (Fsp3) is 0.0364. The first-order chi connectivity index (χ1) is 30.5. The molecule has 0 bridgehead atoms. The van der Waals surface area contributed by atoms with Crippen molar-refractivity contribution in [2.45, 2.75) is 13.1 Å². The number of thiophene rings is 2. The summed E-state index contributed by atoms with van der Waals surface area (Å²) < 4.78 is 5.02. The van der Waals surface area contributed by atoms with Crippen LogP contribution in [0, 0.1) is 6.92 Å². The van der Waals surface area contributed by atoms with Gasteiger partial charge in [-0.2, -0.15) is 0 Å². The number of fused-ring (bicyclic) bond motifs is 6. The summed E-state index contributed by atoms with van der Waals surface area (Å²) in [6, 6.07) is 69.2. The summed E-state index contributed by atoms with van der Waals surface area (Å²) >= 11 is 3.64. The van der Waals surface area contributed by atoms with Gasteiger partial charge >= 0.3 is 0 Å². The lowest BCUT2D eigenvalue weighted by molar-refractivity contribution is 0.775. The van der Waals surface area contributed by atoms with Gasteiger partial charge in [0.25, 0.3) is 0 Å². The number of benzene rings is 8. The quantitative estimate of drug-likeness (QED) is 0.124. The largest absolute Gasteiger partial charge is 0.383 e. The summed E-state index contributed by atoms with van der Waals surface area (Å²) in [4.78, 5) is 14.7. The molecule has 11 aromatic rings. The van der Waals surface area contributed by atoms with Crippen LogP contribution < -0.4 is 11.5 Å². The molecule has 1 unspecified atom stereocenters. The summed E-state index contributed by atoms with van der Waals surface area (Å²) in [7, 11) is 0. The fourth-order valence-corrected chi connectivity index (χ4v) is 10.3. The van der Waals surface area contributed by atoms with Crippen molar-refractivity contribution in [1.29, 1.82) is 0 Å². The van der Waals surface area contributed by atoms with Crippen LogP contribution in [0.3, 0.4) is 0 Å². The SMILES string of the molecule is Cc1cccc2sc3ccc(-c4ccc(-c5nc(-c6cccc(-c7ccccc7)c6)nc6c5sc5ccccc56)cc4)cc3c12.N/C(=N\C(N)c1ccccc1)c1ccccc1. The lowest BCUT2D eigenvalue weighted by atomic mass is 9.99. The molecule has 0 amide bonds. The molecular formula is C55H41N5S2. The Labute approximate surface area is 368 Å². The van der Waals surface area contributed by atoms with Crippen molar-refractivity contribution in [1.82, 2.24) is 9.97 Å². The first-order valence-corrected chi connectivity index (χ1v) is 22.2. The van der Waals surface area contributed by atoms with E-state index in [1.54, 1.807) is 11.3 Å². The third kappa shape index (κ3) is 7.77. The second-order valence-electron chi connectivity index (χ2n) is 15.2. The molecule has 11 rings (SSSR count). The molecule has 1 atom stereocenters. The van der Waals surface area contributed by atoms with Crippen molar-refractivity contribution in [2.75, 3.05) is 0 Å². The molecule has 0 aliphatic heterocycles. The number of hydrogen-bond acceptors (Lipinski definition) is 6. The van der Waals surface area contributed by atoms with Crippen molar-refractivity contribution in [3.05, 3.63) is 217 Å². The maximum Gasteiger partial charge on any atom is 0.160 e. The summed E-state index contributed by atoms with van der Waals surface area (Å²) in [5, 5.41) is 3.87. The summed E-state index contributed by atoms with van der Waals surface area (Å²) in [6.45, 7) is 2.21. The minimum Gasteiger partial charge on any atom is -0.383 e. The van der Waals surface area contributed by atoms with Crippen LogP contribution in [0.25, 0.3) is 85.4 Å². The fourth-order valence-electron chi connectivity index (χ4n) is 7.95. The number of nitrogens with two attached hydrogens (primary N) is 2. The van der Waals surface area contributed by atoms with Crippen LogP contribution in [0.2, 0.25) is 0 Å². The van der Waals surface area contributed by atoms with Crippen LogP contribution in [0.1, 0.15) is 22.9 Å². The molecule has 8 aromatic carbocycles. The zero-order valence-corrected chi connectivity index (χ0v) is 35.6. The van der Waals surface area contributed by atoms with Gasteiger partial charge in [-0.15, -0.1) is 22.7 Å².